The van der Waals surface area contributed by atoms with Crippen LogP contribution in [0.25, 0.3) is 6.08 Å². The number of pyridine rings is 1. The highest BCUT2D eigenvalue weighted by molar-refractivity contribution is 5.88. The van der Waals surface area contributed by atoms with E-state index in [0.29, 0.717) is 0 Å². The van der Waals surface area contributed by atoms with Gasteiger partial charge in [-0.05, 0) is 54.8 Å². The summed E-state index contributed by atoms with van der Waals surface area (Å²) in [7, 11) is 0. The van der Waals surface area contributed by atoms with Crippen molar-refractivity contribution in [3.63, 3.8) is 0 Å². The van der Waals surface area contributed by atoms with Crippen LogP contribution in [0.1, 0.15) is 36.6 Å². The molecule has 1 fully saturated rings. The number of carbonyl (C=O) groups excluding carboxylic acids is 1. The van der Waals surface area contributed by atoms with Gasteiger partial charge in [-0.15, -0.1) is 0 Å². The van der Waals surface area contributed by atoms with Crippen LogP contribution in [0.2, 0.25) is 0 Å². The lowest BCUT2D eigenvalue weighted by atomic mass is 9.76. The van der Waals surface area contributed by atoms with Crippen molar-refractivity contribution < 1.29 is 4.79 Å². The second kappa shape index (κ2) is 9.71. The molecule has 1 aromatic heterocycles. The number of nitrogens with one attached hydrogen (secondary N) is 1. The maximum absolute atomic E-state index is 11.3. The summed E-state index contributed by atoms with van der Waals surface area (Å²) in [5.41, 5.74) is 4.32. The first kappa shape index (κ1) is 21.0. The first-order valence-electron chi connectivity index (χ1n) is 10.9. The maximum Gasteiger partial charge on any atom is 0.221 e. The highest BCUT2D eigenvalue weighted by Crippen LogP contribution is 2.35. The van der Waals surface area contributed by atoms with Crippen molar-refractivity contribution in [1.29, 1.82) is 0 Å². The van der Waals surface area contributed by atoms with Gasteiger partial charge in [0.25, 0.3) is 0 Å². The number of nitrogens with zero attached hydrogens (tertiary/aromatic N) is 2. The Morgan fingerprint density at radius 1 is 1.06 bits per heavy atom. The molecule has 0 radical (unpaired) electrons. The molecule has 1 N–H and O–H groups in total. The Morgan fingerprint density at radius 3 is 2.55 bits per heavy atom. The van der Waals surface area contributed by atoms with Crippen molar-refractivity contribution in [1.82, 2.24) is 9.88 Å². The number of rotatable bonds is 6. The third kappa shape index (κ3) is 5.47. The highest BCUT2D eigenvalue weighted by Gasteiger charge is 2.36. The normalized spacial score (nSPS) is 19.4. The zero-order chi connectivity index (χ0) is 21.5. The quantitative estimate of drug-likeness (QED) is 0.600. The van der Waals surface area contributed by atoms with E-state index in [-0.39, 0.29) is 11.3 Å². The number of benzene rings is 2. The summed E-state index contributed by atoms with van der Waals surface area (Å²) >= 11 is 0. The summed E-state index contributed by atoms with van der Waals surface area (Å²) < 4.78 is 0. The molecule has 0 bridgehead atoms. The number of carbonyl (C=O) groups is 1. The molecule has 3 aromatic rings. The zero-order valence-electron chi connectivity index (χ0n) is 18.0. The fourth-order valence-electron chi connectivity index (χ4n) is 4.37. The molecule has 1 atom stereocenters. The van der Waals surface area contributed by atoms with Crippen molar-refractivity contribution in [2.75, 3.05) is 18.4 Å². The van der Waals surface area contributed by atoms with Gasteiger partial charge in [-0.3, -0.25) is 14.7 Å². The fraction of sp³-hybridized carbons (Fsp3) is 0.259. The van der Waals surface area contributed by atoms with E-state index in [4.69, 9.17) is 4.98 Å². The fourth-order valence-corrected chi connectivity index (χ4v) is 4.37. The number of amides is 1. The second-order valence-electron chi connectivity index (χ2n) is 8.31. The SMILES string of the molecule is CC(=O)Nc1ccc(CN2CCCC(/C=C/c3ccccc3)(c3ccccn3)C2)cc1. The van der Waals surface area contributed by atoms with E-state index in [0.717, 1.165) is 43.9 Å². The Morgan fingerprint density at radius 2 is 1.84 bits per heavy atom. The number of likely N-dealkylation sites (tertiary alicyclic amines) is 1. The van der Waals surface area contributed by atoms with Gasteiger partial charge < -0.3 is 5.32 Å². The van der Waals surface area contributed by atoms with E-state index in [2.05, 4.69) is 70.9 Å². The summed E-state index contributed by atoms with van der Waals surface area (Å²) in [5.74, 6) is -0.0471. The molecule has 1 aliphatic rings. The van der Waals surface area contributed by atoms with Crippen molar-refractivity contribution >= 4 is 17.7 Å². The molecule has 1 amide bonds. The molecule has 4 rings (SSSR count). The van der Waals surface area contributed by atoms with Gasteiger partial charge in [0, 0.05) is 37.3 Å². The lowest BCUT2D eigenvalue weighted by Gasteiger charge is -2.41. The van der Waals surface area contributed by atoms with Crippen LogP contribution in [0.5, 0.6) is 0 Å². The Balaban J connectivity index is 1.55. The van der Waals surface area contributed by atoms with Crippen LogP contribution >= 0.6 is 0 Å². The minimum atomic E-state index is -0.106. The molecule has 0 spiro atoms. The van der Waals surface area contributed by atoms with E-state index in [1.807, 2.05) is 30.5 Å². The lowest BCUT2D eigenvalue weighted by molar-refractivity contribution is -0.114. The molecule has 4 nitrogen and oxygen atoms in total. The molecule has 2 aromatic carbocycles. The molecule has 158 valence electrons. The van der Waals surface area contributed by atoms with Crippen molar-refractivity contribution in [2.24, 2.45) is 0 Å². The monoisotopic (exact) mass is 411 g/mol. The Hall–Kier alpha value is -3.24. The third-order valence-electron chi connectivity index (χ3n) is 5.85. The largest absolute Gasteiger partial charge is 0.326 e. The topological polar surface area (TPSA) is 45.2 Å². The molecular formula is C27H29N3O. The lowest BCUT2D eigenvalue weighted by Crippen LogP contribution is -2.45. The van der Waals surface area contributed by atoms with Crippen molar-refractivity contribution in [3.05, 3.63) is 102 Å². The first-order valence-corrected chi connectivity index (χ1v) is 10.9. The summed E-state index contributed by atoms with van der Waals surface area (Å²) in [6.45, 7) is 4.41. The predicted octanol–water partition coefficient (Wildman–Crippen LogP) is 5.29. The van der Waals surface area contributed by atoms with Crippen LogP contribution in [0, 0.1) is 0 Å². The van der Waals surface area contributed by atoms with Gasteiger partial charge >= 0.3 is 0 Å². The van der Waals surface area contributed by atoms with E-state index in [9.17, 15) is 4.79 Å². The molecule has 1 aliphatic heterocycles. The van der Waals surface area contributed by atoms with Gasteiger partial charge in [0.2, 0.25) is 5.91 Å². The van der Waals surface area contributed by atoms with Crippen LogP contribution in [0.15, 0.2) is 85.1 Å². The highest BCUT2D eigenvalue weighted by atomic mass is 16.1. The molecule has 2 heterocycles. The number of hydrogen-bond donors (Lipinski definition) is 1. The molecule has 1 unspecified atom stereocenters. The Kier molecular flexibility index (Phi) is 6.58. The van der Waals surface area contributed by atoms with Crippen molar-refractivity contribution in [3.8, 4) is 0 Å². The number of aromatic nitrogens is 1. The molecule has 0 aliphatic carbocycles. The van der Waals surface area contributed by atoms with E-state index in [1.54, 1.807) is 0 Å². The summed E-state index contributed by atoms with van der Waals surface area (Å²) in [5, 5.41) is 2.83. The molecule has 4 heteroatoms. The predicted molar refractivity (Wildman–Crippen MR) is 127 cm³/mol. The minimum Gasteiger partial charge on any atom is -0.326 e. The van der Waals surface area contributed by atoms with Gasteiger partial charge in [0.1, 0.15) is 0 Å². The summed E-state index contributed by atoms with van der Waals surface area (Å²) in [6, 6.07) is 24.8. The minimum absolute atomic E-state index is 0.0471. The van der Waals surface area contributed by atoms with Gasteiger partial charge in [-0.1, -0.05) is 60.7 Å². The van der Waals surface area contributed by atoms with Crippen LogP contribution in [0.3, 0.4) is 0 Å². The Labute approximate surface area is 184 Å². The van der Waals surface area contributed by atoms with Gasteiger partial charge in [-0.25, -0.2) is 0 Å². The summed E-state index contributed by atoms with van der Waals surface area (Å²) in [4.78, 5) is 18.5. The van der Waals surface area contributed by atoms with Crippen LogP contribution < -0.4 is 5.32 Å². The van der Waals surface area contributed by atoms with E-state index < -0.39 is 0 Å². The molecule has 31 heavy (non-hydrogen) atoms. The average molecular weight is 412 g/mol. The van der Waals surface area contributed by atoms with Gasteiger partial charge in [-0.2, -0.15) is 0 Å². The van der Waals surface area contributed by atoms with Gasteiger partial charge in [0.05, 0.1) is 5.69 Å². The van der Waals surface area contributed by atoms with Crippen LogP contribution in [-0.4, -0.2) is 28.9 Å². The van der Waals surface area contributed by atoms with Crippen LogP contribution in [-0.2, 0) is 16.8 Å². The summed E-state index contributed by atoms with van der Waals surface area (Å²) in [6.07, 6.45) is 8.70. The first-order chi connectivity index (χ1) is 15.1. The zero-order valence-corrected chi connectivity index (χ0v) is 18.0. The maximum atomic E-state index is 11.3. The molecule has 1 saturated heterocycles. The van der Waals surface area contributed by atoms with E-state index in [1.165, 1.54) is 18.1 Å². The number of anilines is 1. The average Bonchev–Trinajstić information content (AvgIpc) is 2.80. The number of piperidine rings is 1. The second-order valence-corrected chi connectivity index (χ2v) is 8.31. The Bertz CT molecular complexity index is 1020. The van der Waals surface area contributed by atoms with Crippen molar-refractivity contribution in [2.45, 2.75) is 31.7 Å². The molecular weight excluding hydrogens is 382 g/mol. The third-order valence-corrected chi connectivity index (χ3v) is 5.85. The molecule has 0 saturated carbocycles. The smallest absolute Gasteiger partial charge is 0.221 e. The standard InChI is InChI=1S/C27H29N3O/c1-22(31)29-25-13-11-24(12-14-25)20-30-19-7-16-27(21-30,26-10-5-6-18-28-26)17-15-23-8-3-2-4-9-23/h2-6,8-15,17-18H,7,16,19-21H2,1H3,(H,29,31)/b17-15+. The number of hydrogen-bond acceptors (Lipinski definition) is 3. The van der Waals surface area contributed by atoms with Gasteiger partial charge in [0.15, 0.2) is 0 Å². The van der Waals surface area contributed by atoms with Crippen LogP contribution in [0.4, 0.5) is 5.69 Å². The van der Waals surface area contributed by atoms with E-state index >= 15 is 0 Å².